The van der Waals surface area contributed by atoms with Crippen LogP contribution < -0.4 is 16.0 Å². The Morgan fingerprint density at radius 1 is 1.29 bits per heavy atom. The van der Waals surface area contributed by atoms with E-state index in [0.717, 1.165) is 12.8 Å². The third-order valence-electron chi connectivity index (χ3n) is 3.08. The number of nitrogens with one attached hydrogen (secondary N) is 1. The molecule has 3 N–H and O–H groups in total. The van der Waals surface area contributed by atoms with Crippen molar-refractivity contribution in [1.29, 1.82) is 0 Å². The molecule has 5 nitrogen and oxygen atoms in total. The fourth-order valence-electron chi connectivity index (χ4n) is 1.92. The molecule has 0 spiro atoms. The van der Waals surface area contributed by atoms with Gasteiger partial charge in [-0.1, -0.05) is 25.1 Å². The predicted octanol–water partition coefficient (Wildman–Crippen LogP) is 2.74. The number of aromatic nitrogens is 2. The van der Waals surface area contributed by atoms with Crippen LogP contribution in [0.25, 0.3) is 0 Å². The Morgan fingerprint density at radius 3 is 2.71 bits per heavy atom. The molecule has 0 radical (unpaired) electrons. The number of halogens is 1. The van der Waals surface area contributed by atoms with Gasteiger partial charge in [0, 0.05) is 12.0 Å². The summed E-state index contributed by atoms with van der Waals surface area (Å²) in [4.78, 5) is 8.68. The smallest absolute Gasteiger partial charge is 0.222 e. The first-order valence-corrected chi connectivity index (χ1v) is 6.86. The SMILES string of the molecule is CCCc1nc(NN)c(C)c(OCc2ccccc2F)n1. The summed E-state index contributed by atoms with van der Waals surface area (Å²) in [5.41, 5.74) is 3.72. The van der Waals surface area contributed by atoms with Gasteiger partial charge in [-0.3, -0.25) is 0 Å². The van der Waals surface area contributed by atoms with Crippen molar-refractivity contribution in [2.45, 2.75) is 33.3 Å². The van der Waals surface area contributed by atoms with Crippen molar-refractivity contribution in [3.05, 3.63) is 47.0 Å². The highest BCUT2D eigenvalue weighted by Crippen LogP contribution is 2.23. The number of nitrogens with zero attached hydrogens (tertiary/aromatic N) is 2. The number of anilines is 1. The van der Waals surface area contributed by atoms with E-state index in [1.807, 2.05) is 13.8 Å². The summed E-state index contributed by atoms with van der Waals surface area (Å²) in [6.07, 6.45) is 1.64. The molecule has 0 aliphatic heterocycles. The fraction of sp³-hybridized carbons (Fsp3) is 0.333. The van der Waals surface area contributed by atoms with Gasteiger partial charge in [0.1, 0.15) is 24.1 Å². The van der Waals surface area contributed by atoms with Crippen LogP contribution in [0.5, 0.6) is 5.88 Å². The van der Waals surface area contributed by atoms with E-state index in [2.05, 4.69) is 15.4 Å². The van der Waals surface area contributed by atoms with Gasteiger partial charge in [0.25, 0.3) is 0 Å². The van der Waals surface area contributed by atoms with Gasteiger partial charge in [-0.15, -0.1) is 0 Å². The molecule has 0 unspecified atom stereocenters. The van der Waals surface area contributed by atoms with E-state index in [1.54, 1.807) is 18.2 Å². The first kappa shape index (κ1) is 15.2. The summed E-state index contributed by atoms with van der Waals surface area (Å²) in [5, 5.41) is 0. The van der Waals surface area contributed by atoms with E-state index >= 15 is 0 Å². The first-order chi connectivity index (χ1) is 10.2. The lowest BCUT2D eigenvalue weighted by molar-refractivity contribution is 0.284. The van der Waals surface area contributed by atoms with Gasteiger partial charge in [0.2, 0.25) is 5.88 Å². The molecule has 0 saturated heterocycles. The topological polar surface area (TPSA) is 73.1 Å². The molecule has 0 fully saturated rings. The van der Waals surface area contributed by atoms with E-state index in [1.165, 1.54) is 6.07 Å². The normalized spacial score (nSPS) is 10.5. The standard InChI is InChI=1S/C15H19FN4O/c1-3-6-13-18-14(20-17)10(2)15(19-13)21-9-11-7-4-5-8-12(11)16/h4-5,7-8H,3,6,9,17H2,1-2H3,(H,18,19,20). The van der Waals surface area contributed by atoms with Crippen LogP contribution in [0.3, 0.4) is 0 Å². The van der Waals surface area contributed by atoms with Crippen molar-refractivity contribution in [3.63, 3.8) is 0 Å². The fourth-order valence-corrected chi connectivity index (χ4v) is 1.92. The highest BCUT2D eigenvalue weighted by molar-refractivity contribution is 5.47. The van der Waals surface area contributed by atoms with Gasteiger partial charge in [-0.2, -0.15) is 4.98 Å². The number of benzene rings is 1. The Balaban J connectivity index is 2.22. The highest BCUT2D eigenvalue weighted by atomic mass is 19.1. The lowest BCUT2D eigenvalue weighted by Gasteiger charge is -2.13. The molecular formula is C15H19FN4O. The van der Waals surface area contributed by atoms with E-state index in [-0.39, 0.29) is 12.4 Å². The third-order valence-corrected chi connectivity index (χ3v) is 3.08. The second-order valence-electron chi connectivity index (χ2n) is 4.69. The first-order valence-electron chi connectivity index (χ1n) is 6.86. The summed E-state index contributed by atoms with van der Waals surface area (Å²) in [6.45, 7) is 3.96. The van der Waals surface area contributed by atoms with Crippen molar-refractivity contribution in [1.82, 2.24) is 9.97 Å². The second-order valence-corrected chi connectivity index (χ2v) is 4.69. The van der Waals surface area contributed by atoms with Crippen molar-refractivity contribution >= 4 is 5.82 Å². The molecule has 6 heteroatoms. The summed E-state index contributed by atoms with van der Waals surface area (Å²) in [5.74, 6) is 6.76. The quantitative estimate of drug-likeness (QED) is 0.632. The van der Waals surface area contributed by atoms with Gasteiger partial charge in [0.15, 0.2) is 0 Å². The Kier molecular flexibility index (Phi) is 5.05. The van der Waals surface area contributed by atoms with Gasteiger partial charge < -0.3 is 10.2 Å². The number of hydrazine groups is 1. The minimum Gasteiger partial charge on any atom is -0.472 e. The Hall–Kier alpha value is -2.21. The molecule has 2 rings (SSSR count). The van der Waals surface area contributed by atoms with Gasteiger partial charge in [-0.25, -0.2) is 15.2 Å². The minimum atomic E-state index is -0.296. The number of hydrogen-bond acceptors (Lipinski definition) is 5. The molecule has 1 aromatic carbocycles. The predicted molar refractivity (Wildman–Crippen MR) is 79.3 cm³/mol. The molecule has 2 aromatic rings. The van der Waals surface area contributed by atoms with Gasteiger partial charge in [-0.05, 0) is 19.4 Å². The molecule has 112 valence electrons. The Morgan fingerprint density at radius 2 is 2.05 bits per heavy atom. The summed E-state index contributed by atoms with van der Waals surface area (Å²) in [6, 6.07) is 6.50. The maximum Gasteiger partial charge on any atom is 0.222 e. The van der Waals surface area contributed by atoms with Crippen molar-refractivity contribution in [3.8, 4) is 5.88 Å². The zero-order valence-electron chi connectivity index (χ0n) is 12.2. The van der Waals surface area contributed by atoms with Crippen LogP contribution >= 0.6 is 0 Å². The maximum atomic E-state index is 13.6. The van der Waals surface area contributed by atoms with Gasteiger partial charge in [0.05, 0.1) is 5.56 Å². The highest BCUT2D eigenvalue weighted by Gasteiger charge is 2.12. The molecule has 0 aliphatic rings. The van der Waals surface area contributed by atoms with Gasteiger partial charge >= 0.3 is 0 Å². The molecule has 21 heavy (non-hydrogen) atoms. The van der Waals surface area contributed by atoms with Crippen molar-refractivity contribution < 1.29 is 9.13 Å². The second kappa shape index (κ2) is 6.99. The molecule has 0 amide bonds. The van der Waals surface area contributed by atoms with Crippen molar-refractivity contribution in [2.75, 3.05) is 5.43 Å². The van der Waals surface area contributed by atoms with E-state index < -0.39 is 0 Å². The average Bonchev–Trinajstić information content (AvgIpc) is 2.49. The largest absolute Gasteiger partial charge is 0.472 e. The van der Waals surface area contributed by atoms with Crippen LogP contribution in [0.4, 0.5) is 10.2 Å². The van der Waals surface area contributed by atoms with Crippen LogP contribution in [0.1, 0.15) is 30.3 Å². The molecule has 0 bridgehead atoms. The Bertz CT molecular complexity index is 619. The molecule has 1 heterocycles. The van der Waals surface area contributed by atoms with Crippen LogP contribution in [0.15, 0.2) is 24.3 Å². The number of hydrogen-bond donors (Lipinski definition) is 2. The minimum absolute atomic E-state index is 0.111. The van der Waals surface area contributed by atoms with Crippen LogP contribution in [0, 0.1) is 12.7 Å². The average molecular weight is 290 g/mol. The molecule has 0 saturated carbocycles. The van der Waals surface area contributed by atoms with E-state index in [4.69, 9.17) is 10.6 Å². The maximum absolute atomic E-state index is 13.6. The molecular weight excluding hydrogens is 271 g/mol. The lowest BCUT2D eigenvalue weighted by atomic mass is 10.2. The lowest BCUT2D eigenvalue weighted by Crippen LogP contribution is -2.14. The number of nitrogen functional groups attached to an aromatic ring is 1. The Labute approximate surface area is 123 Å². The number of rotatable bonds is 6. The van der Waals surface area contributed by atoms with E-state index in [0.29, 0.717) is 28.6 Å². The van der Waals surface area contributed by atoms with E-state index in [9.17, 15) is 4.39 Å². The molecule has 0 atom stereocenters. The van der Waals surface area contributed by atoms with Crippen LogP contribution in [-0.2, 0) is 13.0 Å². The van der Waals surface area contributed by atoms with Crippen molar-refractivity contribution in [2.24, 2.45) is 5.84 Å². The number of ether oxygens (including phenoxy) is 1. The number of aryl methyl sites for hydroxylation is 1. The zero-order chi connectivity index (χ0) is 15.2. The summed E-state index contributed by atoms with van der Waals surface area (Å²) in [7, 11) is 0. The monoisotopic (exact) mass is 290 g/mol. The summed E-state index contributed by atoms with van der Waals surface area (Å²) >= 11 is 0. The molecule has 1 aromatic heterocycles. The number of nitrogens with two attached hydrogens (primary N) is 1. The van der Waals surface area contributed by atoms with Crippen LogP contribution in [0.2, 0.25) is 0 Å². The summed E-state index contributed by atoms with van der Waals surface area (Å²) < 4.78 is 19.2. The third kappa shape index (κ3) is 3.66. The van der Waals surface area contributed by atoms with Crippen LogP contribution in [-0.4, -0.2) is 9.97 Å². The molecule has 0 aliphatic carbocycles. The zero-order valence-corrected chi connectivity index (χ0v) is 12.2.